The van der Waals surface area contributed by atoms with Gasteiger partial charge in [-0.1, -0.05) is 13.0 Å². The summed E-state index contributed by atoms with van der Waals surface area (Å²) in [7, 11) is 1.70. The fourth-order valence-corrected chi connectivity index (χ4v) is 1.87. The van der Waals surface area contributed by atoms with E-state index >= 15 is 0 Å². The van der Waals surface area contributed by atoms with Crippen molar-refractivity contribution in [2.75, 3.05) is 12.4 Å². The summed E-state index contributed by atoms with van der Waals surface area (Å²) in [6.07, 6.45) is -2.52. The van der Waals surface area contributed by atoms with Gasteiger partial charge in [-0.15, -0.1) is 0 Å². The predicted molar refractivity (Wildman–Crippen MR) is 72.5 cm³/mol. The number of ether oxygens (including phenoxy) is 1. The van der Waals surface area contributed by atoms with Gasteiger partial charge < -0.3 is 10.1 Å². The van der Waals surface area contributed by atoms with Crippen molar-refractivity contribution in [1.82, 2.24) is 9.97 Å². The van der Waals surface area contributed by atoms with Crippen LogP contribution in [-0.4, -0.2) is 17.0 Å². The van der Waals surface area contributed by atoms with E-state index in [1.165, 1.54) is 18.5 Å². The molecule has 0 aliphatic heterocycles. The van der Waals surface area contributed by atoms with Crippen molar-refractivity contribution in [3.63, 3.8) is 0 Å². The number of aromatic nitrogens is 2. The smallest absolute Gasteiger partial charge is 0.416 e. The first-order valence-corrected chi connectivity index (χ1v) is 6.32. The molecule has 0 amide bonds. The number of rotatable bonds is 4. The molecule has 2 rings (SSSR count). The summed E-state index contributed by atoms with van der Waals surface area (Å²) in [5.74, 6) is 0.922. The van der Waals surface area contributed by atoms with Crippen molar-refractivity contribution < 1.29 is 17.9 Å². The quantitative estimate of drug-likeness (QED) is 0.930. The first-order valence-electron chi connectivity index (χ1n) is 6.32. The molecule has 1 N–H and O–H groups in total. The van der Waals surface area contributed by atoms with Crippen LogP contribution in [0.3, 0.4) is 0 Å². The minimum Gasteiger partial charge on any atom is -0.439 e. The average Bonchev–Trinajstić information content (AvgIpc) is 2.46. The molecule has 21 heavy (non-hydrogen) atoms. The molecule has 1 aromatic heterocycles. The molecule has 0 aliphatic carbocycles. The van der Waals surface area contributed by atoms with Crippen molar-refractivity contribution >= 4 is 5.82 Å². The fourth-order valence-electron chi connectivity index (χ4n) is 1.87. The minimum absolute atomic E-state index is 0.0836. The van der Waals surface area contributed by atoms with Gasteiger partial charge in [0.25, 0.3) is 0 Å². The van der Waals surface area contributed by atoms with Gasteiger partial charge in [0.2, 0.25) is 5.88 Å². The third-order valence-corrected chi connectivity index (χ3v) is 2.87. The molecule has 0 saturated carbocycles. The number of halogens is 3. The van der Waals surface area contributed by atoms with Crippen molar-refractivity contribution in [1.29, 1.82) is 0 Å². The average molecular weight is 297 g/mol. The number of hydrogen-bond acceptors (Lipinski definition) is 4. The molecule has 112 valence electrons. The Morgan fingerprint density at radius 2 is 2.00 bits per heavy atom. The lowest BCUT2D eigenvalue weighted by molar-refractivity contribution is -0.137. The highest BCUT2D eigenvalue weighted by Gasteiger charge is 2.30. The molecule has 0 aliphatic rings. The van der Waals surface area contributed by atoms with Gasteiger partial charge in [-0.3, -0.25) is 0 Å². The van der Waals surface area contributed by atoms with Gasteiger partial charge in [0.15, 0.2) is 0 Å². The van der Waals surface area contributed by atoms with Gasteiger partial charge in [-0.2, -0.15) is 13.2 Å². The van der Waals surface area contributed by atoms with Crippen LogP contribution in [0.5, 0.6) is 11.6 Å². The Morgan fingerprint density at radius 3 is 2.62 bits per heavy atom. The van der Waals surface area contributed by atoms with Crippen LogP contribution in [0.15, 0.2) is 30.6 Å². The first kappa shape index (κ1) is 15.1. The zero-order valence-electron chi connectivity index (χ0n) is 11.5. The van der Waals surface area contributed by atoms with Gasteiger partial charge in [-0.25, -0.2) is 9.97 Å². The molecule has 4 nitrogen and oxygen atoms in total. The lowest BCUT2D eigenvalue weighted by Gasteiger charge is -2.13. The Kier molecular flexibility index (Phi) is 4.30. The summed E-state index contributed by atoms with van der Waals surface area (Å²) in [6.45, 7) is 1.89. The summed E-state index contributed by atoms with van der Waals surface area (Å²) < 4.78 is 43.5. The molecule has 2 aromatic rings. The van der Waals surface area contributed by atoms with Gasteiger partial charge in [0.1, 0.15) is 17.9 Å². The second-order valence-corrected chi connectivity index (χ2v) is 4.24. The van der Waals surface area contributed by atoms with Crippen LogP contribution >= 0.6 is 0 Å². The Balaban J connectivity index is 2.35. The lowest BCUT2D eigenvalue weighted by Crippen LogP contribution is -2.05. The number of benzene rings is 1. The van der Waals surface area contributed by atoms with Crippen LogP contribution in [0.1, 0.15) is 18.1 Å². The van der Waals surface area contributed by atoms with E-state index in [1.807, 2.05) is 6.92 Å². The van der Waals surface area contributed by atoms with Crippen LogP contribution < -0.4 is 10.1 Å². The van der Waals surface area contributed by atoms with Crippen LogP contribution in [0, 0.1) is 0 Å². The molecule has 0 unspecified atom stereocenters. The number of alkyl halides is 3. The molecule has 0 bridgehead atoms. The molecule has 0 fully saturated rings. The lowest BCUT2D eigenvalue weighted by atomic mass is 10.2. The SMILES string of the molecule is CCc1c(NC)ncnc1Oc1cccc(C(F)(F)F)c1. The molecule has 7 heteroatoms. The predicted octanol–water partition coefficient (Wildman–Crippen LogP) is 3.89. The molecule has 1 aromatic carbocycles. The highest BCUT2D eigenvalue weighted by molar-refractivity contribution is 5.49. The Labute approximate surface area is 120 Å². The molecule has 0 radical (unpaired) electrons. The highest BCUT2D eigenvalue weighted by Crippen LogP contribution is 2.33. The van der Waals surface area contributed by atoms with Gasteiger partial charge >= 0.3 is 6.18 Å². The Bertz CT molecular complexity index is 629. The summed E-state index contributed by atoms with van der Waals surface area (Å²) in [4.78, 5) is 8.04. The zero-order chi connectivity index (χ0) is 15.5. The molecular formula is C14H14F3N3O. The standard InChI is InChI=1S/C14H14F3N3O/c1-3-11-12(18-2)19-8-20-13(11)21-10-6-4-5-9(7-10)14(15,16)17/h4-8H,3H2,1-2H3,(H,18,19,20). The normalized spacial score (nSPS) is 11.3. The number of anilines is 1. The summed E-state index contributed by atoms with van der Waals surface area (Å²) in [6, 6.07) is 4.69. The topological polar surface area (TPSA) is 47.0 Å². The summed E-state index contributed by atoms with van der Waals surface area (Å²) in [5.41, 5.74) is -0.0571. The summed E-state index contributed by atoms with van der Waals surface area (Å²) >= 11 is 0. The number of hydrogen-bond donors (Lipinski definition) is 1. The van der Waals surface area contributed by atoms with E-state index in [2.05, 4.69) is 15.3 Å². The summed E-state index contributed by atoms with van der Waals surface area (Å²) in [5, 5.41) is 2.90. The molecule has 0 spiro atoms. The van der Waals surface area contributed by atoms with Crippen LogP contribution in [-0.2, 0) is 12.6 Å². The van der Waals surface area contributed by atoms with E-state index in [0.717, 1.165) is 12.1 Å². The third-order valence-electron chi connectivity index (χ3n) is 2.87. The van der Waals surface area contributed by atoms with E-state index < -0.39 is 11.7 Å². The third kappa shape index (κ3) is 3.42. The largest absolute Gasteiger partial charge is 0.439 e. The van der Waals surface area contributed by atoms with E-state index in [1.54, 1.807) is 7.05 Å². The van der Waals surface area contributed by atoms with Crippen molar-refractivity contribution in [2.45, 2.75) is 19.5 Å². The maximum atomic E-state index is 12.7. The molecular weight excluding hydrogens is 283 g/mol. The Morgan fingerprint density at radius 1 is 1.24 bits per heavy atom. The minimum atomic E-state index is -4.41. The van der Waals surface area contributed by atoms with E-state index in [9.17, 15) is 13.2 Å². The van der Waals surface area contributed by atoms with Gasteiger partial charge in [0, 0.05) is 7.05 Å². The second-order valence-electron chi connectivity index (χ2n) is 4.24. The molecule has 0 atom stereocenters. The fraction of sp³-hybridized carbons (Fsp3) is 0.286. The zero-order valence-corrected chi connectivity index (χ0v) is 11.5. The van der Waals surface area contributed by atoms with E-state index in [-0.39, 0.29) is 11.6 Å². The van der Waals surface area contributed by atoms with Crippen molar-refractivity contribution in [3.05, 3.63) is 41.7 Å². The van der Waals surface area contributed by atoms with E-state index in [4.69, 9.17) is 4.74 Å². The molecule has 0 saturated heterocycles. The maximum Gasteiger partial charge on any atom is 0.416 e. The van der Waals surface area contributed by atoms with Crippen molar-refractivity contribution in [2.24, 2.45) is 0 Å². The van der Waals surface area contributed by atoms with Crippen LogP contribution in [0.25, 0.3) is 0 Å². The first-order chi connectivity index (χ1) is 9.95. The van der Waals surface area contributed by atoms with E-state index in [0.29, 0.717) is 17.8 Å². The maximum absolute atomic E-state index is 12.7. The number of nitrogens with zero attached hydrogens (tertiary/aromatic N) is 2. The Hall–Kier alpha value is -2.31. The van der Waals surface area contributed by atoms with Crippen LogP contribution in [0.4, 0.5) is 19.0 Å². The monoisotopic (exact) mass is 297 g/mol. The van der Waals surface area contributed by atoms with Crippen molar-refractivity contribution in [3.8, 4) is 11.6 Å². The highest BCUT2D eigenvalue weighted by atomic mass is 19.4. The molecule has 1 heterocycles. The van der Waals surface area contributed by atoms with Gasteiger partial charge in [0.05, 0.1) is 11.1 Å². The van der Waals surface area contributed by atoms with Crippen LogP contribution in [0.2, 0.25) is 0 Å². The second kappa shape index (κ2) is 5.99. The van der Waals surface area contributed by atoms with Gasteiger partial charge in [-0.05, 0) is 24.6 Å². The number of nitrogens with one attached hydrogen (secondary N) is 1.